The molecule has 2 aromatic carbocycles. The summed E-state index contributed by atoms with van der Waals surface area (Å²) in [4.78, 5) is 16.2. The van der Waals surface area contributed by atoms with Crippen LogP contribution < -0.4 is 11.5 Å². The molecule has 8 heteroatoms. The molecule has 0 atom stereocenters. The van der Waals surface area contributed by atoms with Crippen molar-refractivity contribution in [2.45, 2.75) is 10.8 Å². The fourth-order valence-corrected chi connectivity index (χ4v) is 3.76. The van der Waals surface area contributed by atoms with Crippen LogP contribution in [0, 0.1) is 5.82 Å². The minimum absolute atomic E-state index is 0.294. The Bertz CT molecular complexity index is 1150. The van der Waals surface area contributed by atoms with E-state index in [0.29, 0.717) is 28.6 Å². The van der Waals surface area contributed by atoms with Crippen molar-refractivity contribution in [2.24, 2.45) is 0 Å². The first-order valence-electron chi connectivity index (χ1n) is 8.76. The number of anilines is 2. The number of aromatic nitrogens is 4. The number of hydrogen-bond acceptors (Lipinski definition) is 7. The van der Waals surface area contributed by atoms with E-state index in [4.69, 9.17) is 11.5 Å². The summed E-state index contributed by atoms with van der Waals surface area (Å²) in [6, 6.07) is 14.7. The molecule has 0 saturated heterocycles. The maximum absolute atomic E-state index is 14.8. The Hall–Kier alpha value is -3.52. The van der Waals surface area contributed by atoms with E-state index in [2.05, 4.69) is 19.9 Å². The number of nitrogens with zero attached hydrogens (tertiary/aromatic N) is 4. The lowest BCUT2D eigenvalue weighted by atomic mass is 9.98. The van der Waals surface area contributed by atoms with Crippen molar-refractivity contribution in [2.75, 3.05) is 11.5 Å². The first-order valence-corrected chi connectivity index (χ1v) is 9.75. The molecule has 0 aliphatic carbocycles. The summed E-state index contributed by atoms with van der Waals surface area (Å²) in [5.74, 6) is 1.02. The van der Waals surface area contributed by atoms with Crippen LogP contribution in [0.2, 0.25) is 0 Å². The van der Waals surface area contributed by atoms with E-state index in [1.807, 2.05) is 30.3 Å². The van der Waals surface area contributed by atoms with Gasteiger partial charge in [-0.15, -0.1) is 11.8 Å². The average molecular weight is 404 g/mol. The maximum Gasteiger partial charge on any atom is 0.141 e. The quantitative estimate of drug-likeness (QED) is 0.379. The second kappa shape index (κ2) is 8.24. The summed E-state index contributed by atoms with van der Waals surface area (Å²) < 4.78 is 14.8. The van der Waals surface area contributed by atoms with Gasteiger partial charge in [0.2, 0.25) is 0 Å². The van der Waals surface area contributed by atoms with Crippen LogP contribution in [0.4, 0.5) is 16.0 Å². The molecule has 4 aromatic rings. The van der Waals surface area contributed by atoms with Crippen LogP contribution in [0.1, 0.15) is 5.56 Å². The van der Waals surface area contributed by atoms with Crippen LogP contribution in [0.15, 0.2) is 72.3 Å². The number of thioether (sulfide) groups is 1. The van der Waals surface area contributed by atoms with Gasteiger partial charge < -0.3 is 11.5 Å². The minimum atomic E-state index is -0.368. The van der Waals surface area contributed by atoms with Gasteiger partial charge in [0, 0.05) is 17.4 Å². The Morgan fingerprint density at radius 2 is 1.69 bits per heavy atom. The Morgan fingerprint density at radius 1 is 0.828 bits per heavy atom. The van der Waals surface area contributed by atoms with Crippen LogP contribution in [-0.4, -0.2) is 19.9 Å². The molecule has 0 bridgehead atoms. The van der Waals surface area contributed by atoms with E-state index in [-0.39, 0.29) is 5.82 Å². The Labute approximate surface area is 171 Å². The minimum Gasteiger partial charge on any atom is -0.384 e. The van der Waals surface area contributed by atoms with Gasteiger partial charge in [0.1, 0.15) is 28.8 Å². The molecule has 0 radical (unpaired) electrons. The number of halogens is 1. The third-order valence-electron chi connectivity index (χ3n) is 4.28. The van der Waals surface area contributed by atoms with Crippen molar-refractivity contribution in [3.63, 3.8) is 0 Å². The van der Waals surface area contributed by atoms with Gasteiger partial charge in [-0.25, -0.2) is 19.3 Å². The van der Waals surface area contributed by atoms with Crippen molar-refractivity contribution in [1.29, 1.82) is 0 Å². The van der Waals surface area contributed by atoms with Crippen LogP contribution in [0.5, 0.6) is 0 Å². The van der Waals surface area contributed by atoms with Crippen molar-refractivity contribution in [1.82, 2.24) is 19.9 Å². The smallest absolute Gasteiger partial charge is 0.141 e. The molecule has 2 heterocycles. The zero-order valence-electron chi connectivity index (χ0n) is 15.3. The molecule has 0 fully saturated rings. The van der Waals surface area contributed by atoms with Crippen LogP contribution in [-0.2, 0) is 5.75 Å². The van der Waals surface area contributed by atoms with Gasteiger partial charge in [0.15, 0.2) is 0 Å². The first-order chi connectivity index (χ1) is 14.1. The van der Waals surface area contributed by atoms with E-state index >= 15 is 0 Å². The summed E-state index contributed by atoms with van der Waals surface area (Å²) in [5, 5.41) is 0.788. The molecule has 6 nitrogen and oxygen atoms in total. The summed E-state index contributed by atoms with van der Waals surface area (Å²) in [6.07, 6.45) is 4.32. The molecule has 4 N–H and O–H groups in total. The topological polar surface area (TPSA) is 104 Å². The second-order valence-corrected chi connectivity index (χ2v) is 7.24. The highest BCUT2D eigenvalue weighted by molar-refractivity contribution is 7.98. The molecule has 29 heavy (non-hydrogen) atoms. The van der Waals surface area contributed by atoms with Gasteiger partial charge in [0.05, 0.1) is 18.1 Å². The lowest BCUT2D eigenvalue weighted by Crippen LogP contribution is -1.95. The third-order valence-corrected chi connectivity index (χ3v) is 5.26. The first kappa shape index (κ1) is 18.8. The Kier molecular flexibility index (Phi) is 5.35. The standard InChI is InChI=1S/C21H17FN6S/c22-17-7-13(5-6-16(17)18-9-26-20(24)10-25-18)15-4-2-1-3-14(15)11-29-21-8-19(23)27-12-28-21/h1-10,12H,11H2,(H2,24,26)(H2,23,27,28). The van der Waals surface area contributed by atoms with Crippen molar-refractivity contribution < 1.29 is 4.39 Å². The molecule has 0 aliphatic heterocycles. The largest absolute Gasteiger partial charge is 0.384 e. The molecule has 0 amide bonds. The number of hydrogen-bond donors (Lipinski definition) is 2. The van der Waals surface area contributed by atoms with Gasteiger partial charge >= 0.3 is 0 Å². The third kappa shape index (κ3) is 4.33. The molecule has 4 rings (SSSR count). The molecule has 0 spiro atoms. The van der Waals surface area contributed by atoms with Crippen LogP contribution in [0.3, 0.4) is 0 Å². The lowest BCUT2D eigenvalue weighted by molar-refractivity contribution is 0.631. The number of nitrogen functional groups attached to an aromatic ring is 2. The summed E-state index contributed by atoms with van der Waals surface area (Å²) in [7, 11) is 0. The van der Waals surface area contributed by atoms with Crippen molar-refractivity contribution in [3.05, 3.63) is 78.6 Å². The predicted octanol–water partition coefficient (Wildman–Crippen LogP) is 4.20. The zero-order valence-corrected chi connectivity index (χ0v) is 16.1. The molecule has 0 saturated carbocycles. The van der Waals surface area contributed by atoms with Crippen LogP contribution in [0.25, 0.3) is 22.4 Å². The normalized spacial score (nSPS) is 10.8. The molecule has 0 aliphatic rings. The van der Waals surface area contributed by atoms with E-state index < -0.39 is 0 Å². The van der Waals surface area contributed by atoms with Gasteiger partial charge in [0.25, 0.3) is 0 Å². The number of nitrogens with two attached hydrogens (primary N) is 2. The predicted molar refractivity (Wildman–Crippen MR) is 113 cm³/mol. The highest BCUT2D eigenvalue weighted by atomic mass is 32.2. The summed E-state index contributed by atoms with van der Waals surface area (Å²) >= 11 is 1.55. The van der Waals surface area contributed by atoms with E-state index in [0.717, 1.165) is 21.7 Å². The molecule has 2 aromatic heterocycles. The highest BCUT2D eigenvalue weighted by Crippen LogP contribution is 2.32. The lowest BCUT2D eigenvalue weighted by Gasteiger charge is -2.11. The molecule has 0 unspecified atom stereocenters. The van der Waals surface area contributed by atoms with Gasteiger partial charge in [-0.3, -0.25) is 4.98 Å². The van der Waals surface area contributed by atoms with Crippen LogP contribution >= 0.6 is 11.8 Å². The van der Waals surface area contributed by atoms with Gasteiger partial charge in [-0.1, -0.05) is 30.3 Å². The molecule has 144 valence electrons. The highest BCUT2D eigenvalue weighted by Gasteiger charge is 2.12. The van der Waals surface area contributed by atoms with Gasteiger partial charge in [-0.2, -0.15) is 0 Å². The summed E-state index contributed by atoms with van der Waals surface area (Å²) in [5.41, 5.74) is 14.9. The SMILES string of the molecule is Nc1cnc(-c2ccc(-c3ccccc3CSc3cc(N)ncn3)cc2F)cn1. The average Bonchev–Trinajstić information content (AvgIpc) is 2.73. The number of benzene rings is 2. The monoisotopic (exact) mass is 404 g/mol. The zero-order chi connectivity index (χ0) is 20.2. The maximum atomic E-state index is 14.8. The Morgan fingerprint density at radius 3 is 2.45 bits per heavy atom. The van der Waals surface area contributed by atoms with Crippen molar-refractivity contribution in [3.8, 4) is 22.4 Å². The summed E-state index contributed by atoms with van der Waals surface area (Å²) in [6.45, 7) is 0. The Balaban J connectivity index is 1.61. The van der Waals surface area contributed by atoms with Gasteiger partial charge in [-0.05, 0) is 28.8 Å². The fourth-order valence-electron chi connectivity index (χ4n) is 2.88. The number of rotatable bonds is 5. The molecular formula is C21H17FN6S. The fraction of sp³-hybridized carbons (Fsp3) is 0.0476. The van der Waals surface area contributed by atoms with Crippen molar-refractivity contribution >= 4 is 23.4 Å². The van der Waals surface area contributed by atoms with E-state index in [9.17, 15) is 4.39 Å². The molecular weight excluding hydrogens is 387 g/mol. The van der Waals surface area contributed by atoms with E-state index in [1.54, 1.807) is 23.9 Å². The van der Waals surface area contributed by atoms with E-state index in [1.165, 1.54) is 24.8 Å². The second-order valence-electron chi connectivity index (χ2n) is 6.25.